The van der Waals surface area contributed by atoms with Crippen LogP contribution in [0.5, 0.6) is 0 Å². The molecule has 3 nitrogen and oxygen atoms in total. The van der Waals surface area contributed by atoms with Crippen molar-refractivity contribution in [3.63, 3.8) is 0 Å². The molecule has 0 saturated heterocycles. The van der Waals surface area contributed by atoms with Crippen molar-refractivity contribution >= 4 is 54.5 Å². The summed E-state index contributed by atoms with van der Waals surface area (Å²) in [6.45, 7) is 0. The molecular formula is C34H22N2OS. The second kappa shape index (κ2) is 8.44. The maximum absolute atomic E-state index is 6.43. The molecule has 1 aliphatic heterocycles. The Hall–Kier alpha value is -4.67. The molecule has 4 heteroatoms. The Morgan fingerprint density at radius 1 is 0.658 bits per heavy atom. The van der Waals surface area contributed by atoms with Crippen molar-refractivity contribution in [1.29, 1.82) is 0 Å². The number of nitrogens with one attached hydrogen (secondary N) is 1. The van der Waals surface area contributed by atoms with Crippen molar-refractivity contribution in [2.45, 2.75) is 6.04 Å². The number of furan rings is 1. The van der Waals surface area contributed by atoms with E-state index < -0.39 is 0 Å². The molecule has 1 unspecified atom stereocenters. The topological polar surface area (TPSA) is 37.5 Å². The lowest BCUT2D eigenvalue weighted by atomic mass is 9.96. The van der Waals surface area contributed by atoms with Crippen LogP contribution in [0.15, 0.2) is 125 Å². The lowest BCUT2D eigenvalue weighted by Crippen LogP contribution is -2.09. The van der Waals surface area contributed by atoms with E-state index >= 15 is 0 Å². The maximum Gasteiger partial charge on any atom is 0.157 e. The van der Waals surface area contributed by atoms with Crippen LogP contribution >= 0.6 is 11.3 Å². The van der Waals surface area contributed by atoms with Gasteiger partial charge in [0.2, 0.25) is 0 Å². The number of fused-ring (bicyclic) bond motifs is 6. The van der Waals surface area contributed by atoms with Crippen molar-refractivity contribution in [2.24, 2.45) is 4.99 Å². The normalized spacial score (nSPS) is 14.7. The van der Waals surface area contributed by atoms with Crippen LogP contribution in [0.4, 0.5) is 5.69 Å². The van der Waals surface area contributed by atoms with Gasteiger partial charge < -0.3 is 9.73 Å². The van der Waals surface area contributed by atoms with Gasteiger partial charge in [-0.05, 0) is 52.1 Å². The van der Waals surface area contributed by atoms with Crippen LogP contribution in [0.25, 0.3) is 53.4 Å². The molecule has 5 aromatic carbocycles. The Bertz CT molecular complexity index is 2020. The monoisotopic (exact) mass is 506 g/mol. The van der Waals surface area contributed by atoms with E-state index in [-0.39, 0.29) is 6.04 Å². The Balaban J connectivity index is 1.24. The van der Waals surface area contributed by atoms with Crippen LogP contribution < -0.4 is 5.32 Å². The van der Waals surface area contributed by atoms with Gasteiger partial charge in [-0.3, -0.25) is 4.99 Å². The zero-order valence-electron chi connectivity index (χ0n) is 20.4. The SMILES string of the molecule is C1=NC(c2cccc(-c3cccc4c3sc3ccccc34)c2)c2oc3ccc(-c4ccccc4)cc3c2N1. The first-order valence-corrected chi connectivity index (χ1v) is 13.6. The first kappa shape index (κ1) is 21.4. The highest BCUT2D eigenvalue weighted by Gasteiger charge is 2.27. The Kier molecular flexibility index (Phi) is 4.76. The summed E-state index contributed by atoms with van der Waals surface area (Å²) in [4.78, 5) is 4.82. The molecule has 1 atom stereocenters. The van der Waals surface area contributed by atoms with E-state index in [2.05, 4.69) is 115 Å². The summed E-state index contributed by atoms with van der Waals surface area (Å²) in [6, 6.07) is 40.6. The molecule has 0 aliphatic carbocycles. The molecule has 180 valence electrons. The fourth-order valence-electron chi connectivity index (χ4n) is 5.60. The molecule has 0 bridgehead atoms. The van der Waals surface area contributed by atoms with Crippen molar-refractivity contribution in [1.82, 2.24) is 0 Å². The van der Waals surface area contributed by atoms with Crippen molar-refractivity contribution < 1.29 is 4.42 Å². The zero-order chi connectivity index (χ0) is 25.1. The minimum Gasteiger partial charge on any atom is -0.456 e. The fourth-order valence-corrected chi connectivity index (χ4v) is 6.84. The predicted octanol–water partition coefficient (Wildman–Crippen LogP) is 9.68. The van der Waals surface area contributed by atoms with Crippen LogP contribution in [0, 0.1) is 0 Å². The number of nitrogens with zero attached hydrogens (tertiary/aromatic N) is 1. The number of benzene rings is 5. The third-order valence-corrected chi connectivity index (χ3v) is 8.64. The maximum atomic E-state index is 6.43. The summed E-state index contributed by atoms with van der Waals surface area (Å²) in [5.41, 5.74) is 7.77. The van der Waals surface area contributed by atoms with E-state index in [0.29, 0.717) is 0 Å². The molecule has 2 aromatic heterocycles. The van der Waals surface area contributed by atoms with E-state index in [0.717, 1.165) is 28.0 Å². The zero-order valence-corrected chi connectivity index (χ0v) is 21.2. The molecule has 0 fully saturated rings. The molecule has 7 aromatic rings. The lowest BCUT2D eigenvalue weighted by molar-refractivity contribution is 0.526. The van der Waals surface area contributed by atoms with Crippen LogP contribution in [-0.4, -0.2) is 6.34 Å². The summed E-state index contributed by atoms with van der Waals surface area (Å²) in [5, 5.41) is 7.06. The molecule has 0 radical (unpaired) electrons. The van der Waals surface area contributed by atoms with Crippen molar-refractivity contribution in [3.05, 3.63) is 127 Å². The number of anilines is 1. The summed E-state index contributed by atoms with van der Waals surface area (Å²) < 4.78 is 9.06. The van der Waals surface area contributed by atoms with Crippen LogP contribution in [0.2, 0.25) is 0 Å². The van der Waals surface area contributed by atoms with Gasteiger partial charge in [0.05, 0.1) is 12.0 Å². The minimum absolute atomic E-state index is 0.208. The Morgan fingerprint density at radius 2 is 1.47 bits per heavy atom. The van der Waals surface area contributed by atoms with Crippen molar-refractivity contribution in [2.75, 3.05) is 5.32 Å². The number of hydrogen-bond acceptors (Lipinski definition) is 4. The highest BCUT2D eigenvalue weighted by atomic mass is 32.1. The first-order chi connectivity index (χ1) is 18.8. The average Bonchev–Trinajstić information content (AvgIpc) is 3.56. The second-order valence-corrected chi connectivity index (χ2v) is 10.7. The van der Waals surface area contributed by atoms with Gasteiger partial charge in [0, 0.05) is 25.6 Å². The lowest BCUT2D eigenvalue weighted by Gasteiger charge is -2.18. The molecule has 0 spiro atoms. The van der Waals surface area contributed by atoms with E-state index in [4.69, 9.17) is 9.41 Å². The third kappa shape index (κ3) is 3.31. The first-order valence-electron chi connectivity index (χ1n) is 12.7. The highest BCUT2D eigenvalue weighted by Crippen LogP contribution is 2.44. The quantitative estimate of drug-likeness (QED) is 0.259. The van der Waals surface area contributed by atoms with E-state index in [9.17, 15) is 0 Å². The summed E-state index contributed by atoms with van der Waals surface area (Å²) in [5.74, 6) is 0.852. The van der Waals surface area contributed by atoms with Gasteiger partial charge in [-0.1, -0.05) is 91.0 Å². The van der Waals surface area contributed by atoms with Gasteiger partial charge >= 0.3 is 0 Å². The van der Waals surface area contributed by atoms with E-state index in [1.54, 1.807) is 6.34 Å². The predicted molar refractivity (Wildman–Crippen MR) is 160 cm³/mol. The van der Waals surface area contributed by atoms with Gasteiger partial charge in [0.15, 0.2) is 5.76 Å². The van der Waals surface area contributed by atoms with Gasteiger partial charge in [0.25, 0.3) is 0 Å². The summed E-state index contributed by atoms with van der Waals surface area (Å²) in [7, 11) is 0. The average molecular weight is 507 g/mol. The summed E-state index contributed by atoms with van der Waals surface area (Å²) >= 11 is 1.86. The van der Waals surface area contributed by atoms with Crippen LogP contribution in [0.1, 0.15) is 17.4 Å². The molecule has 38 heavy (non-hydrogen) atoms. The fraction of sp³-hybridized carbons (Fsp3) is 0.0294. The molecule has 1 N–H and O–H groups in total. The number of hydrogen-bond donors (Lipinski definition) is 1. The molecule has 1 aliphatic rings. The van der Waals surface area contributed by atoms with Gasteiger partial charge in [-0.25, -0.2) is 0 Å². The highest BCUT2D eigenvalue weighted by molar-refractivity contribution is 7.26. The molecule has 0 amide bonds. The minimum atomic E-state index is -0.208. The van der Waals surface area contributed by atoms with Gasteiger partial charge in [0.1, 0.15) is 11.6 Å². The molecule has 3 heterocycles. The van der Waals surface area contributed by atoms with Gasteiger partial charge in [-0.15, -0.1) is 11.3 Å². The number of aliphatic imine (C=N–C) groups is 1. The van der Waals surface area contributed by atoms with Gasteiger partial charge in [-0.2, -0.15) is 0 Å². The number of rotatable bonds is 3. The van der Waals surface area contributed by atoms with Crippen LogP contribution in [0.3, 0.4) is 0 Å². The smallest absolute Gasteiger partial charge is 0.157 e. The molecule has 8 rings (SSSR count). The largest absolute Gasteiger partial charge is 0.456 e. The third-order valence-electron chi connectivity index (χ3n) is 7.42. The van der Waals surface area contributed by atoms with E-state index in [1.807, 2.05) is 17.4 Å². The number of thiophene rings is 1. The van der Waals surface area contributed by atoms with Crippen LogP contribution in [-0.2, 0) is 0 Å². The van der Waals surface area contributed by atoms with Crippen molar-refractivity contribution in [3.8, 4) is 22.3 Å². The molecule has 0 saturated carbocycles. The standard InChI is InChI=1S/C34H22N2OS/c1-2-8-21(9-3-1)22-16-17-29-28(19-22)32-33(37-29)31(35-20-36-32)24-11-6-10-23(18-24)25-13-7-14-27-26-12-4-5-15-30(26)38-34(25)27/h1-20,31H,(H,35,36). The Morgan fingerprint density at radius 3 is 2.42 bits per heavy atom. The summed E-state index contributed by atoms with van der Waals surface area (Å²) in [6.07, 6.45) is 1.80. The molecular weight excluding hydrogens is 484 g/mol. The Labute approximate surface area is 223 Å². The second-order valence-electron chi connectivity index (χ2n) is 9.65. The van der Waals surface area contributed by atoms with E-state index in [1.165, 1.54) is 42.4 Å².